The first kappa shape index (κ1) is 3.26. The zero-order valence-electron chi connectivity index (χ0n) is 11.0. The van der Waals surface area contributed by atoms with Gasteiger partial charge in [-0.1, -0.05) is 30.2 Å². The van der Waals surface area contributed by atoms with Gasteiger partial charge in [0, 0.05) is 5.56 Å². The molecule has 2 rings (SSSR count). The number of hydrogen-bond donors (Lipinski definition) is 2. The van der Waals surface area contributed by atoms with Crippen LogP contribution in [0.4, 0.5) is 5.95 Å². The van der Waals surface area contributed by atoms with Crippen molar-refractivity contribution in [2.24, 2.45) is 0 Å². The van der Waals surface area contributed by atoms with Gasteiger partial charge in [0.05, 0.1) is 6.85 Å². The number of anilines is 1. The number of aromatic amines is 1. The first-order valence-electron chi connectivity index (χ1n) is 5.68. The van der Waals surface area contributed by atoms with Gasteiger partial charge in [0.1, 0.15) is 0 Å². The van der Waals surface area contributed by atoms with Crippen LogP contribution in [0.3, 0.4) is 0 Å². The van der Waals surface area contributed by atoms with Crippen molar-refractivity contribution >= 4 is 5.95 Å². The van der Waals surface area contributed by atoms with Gasteiger partial charge in [0.2, 0.25) is 5.95 Å². The molecule has 0 aliphatic heterocycles. The quantitative estimate of drug-likeness (QED) is 0.663. The van der Waals surface area contributed by atoms with E-state index in [1.807, 2.05) is 0 Å². The van der Waals surface area contributed by atoms with Crippen molar-refractivity contribution in [2.45, 2.75) is 0 Å². The summed E-state index contributed by atoms with van der Waals surface area (Å²) in [6.45, 7) is 0. The maximum Gasteiger partial charge on any atom is 0.239 e. The predicted molar refractivity (Wildman–Crippen MR) is 46.2 cm³/mol. The van der Waals surface area contributed by atoms with Crippen LogP contribution in [-0.2, 0) is 0 Å². The number of aromatic nitrogens is 3. The fourth-order valence-corrected chi connectivity index (χ4v) is 0.755. The Morgan fingerprint density at radius 2 is 2.08 bits per heavy atom. The molecule has 4 nitrogen and oxygen atoms in total. The molecular formula is C8H8N4. The highest BCUT2D eigenvalue weighted by atomic mass is 15.3. The largest absolute Gasteiger partial charge is 0.366 e. The van der Waals surface area contributed by atoms with E-state index in [0.717, 1.165) is 0 Å². The Morgan fingerprint density at radius 1 is 1.33 bits per heavy atom. The molecule has 1 aromatic carbocycles. The number of rotatable bonds is 1. The average molecular weight is 165 g/mol. The Labute approximate surface area is 76.5 Å². The molecule has 0 amide bonds. The third-order valence-electron chi connectivity index (χ3n) is 1.24. The van der Waals surface area contributed by atoms with Crippen LogP contribution >= 0.6 is 0 Å². The Balaban J connectivity index is 2.78. The van der Waals surface area contributed by atoms with Gasteiger partial charge in [-0.25, -0.2) is 0 Å². The maximum absolute atomic E-state index is 7.68. The van der Waals surface area contributed by atoms with E-state index in [2.05, 4.69) is 15.2 Å². The second-order valence-electron chi connectivity index (χ2n) is 2.04. The highest BCUT2D eigenvalue weighted by molar-refractivity contribution is 5.55. The predicted octanol–water partition coefficient (Wildman–Crippen LogP) is 1.05. The minimum atomic E-state index is -0.448. The SMILES string of the molecule is [2H]c1c([2H])c([2H])c(-c2nc(N)n[nH]2)c([2H])c1[2H]. The number of nitrogen functional groups attached to an aromatic ring is 1. The molecule has 0 fully saturated rings. The first-order valence-corrected chi connectivity index (χ1v) is 3.18. The summed E-state index contributed by atoms with van der Waals surface area (Å²) in [6, 6.07) is -1.97. The van der Waals surface area contributed by atoms with Crippen molar-refractivity contribution in [2.75, 3.05) is 5.73 Å². The minimum absolute atomic E-state index is 0.0415. The van der Waals surface area contributed by atoms with Gasteiger partial charge in [0.15, 0.2) is 5.82 Å². The molecule has 0 unspecified atom stereocenters. The zero-order chi connectivity index (χ0) is 12.7. The van der Waals surface area contributed by atoms with Gasteiger partial charge >= 0.3 is 0 Å². The number of H-pyrrole nitrogens is 1. The summed E-state index contributed by atoms with van der Waals surface area (Å²) in [5.41, 5.74) is 5.27. The van der Waals surface area contributed by atoms with E-state index < -0.39 is 18.1 Å². The van der Waals surface area contributed by atoms with Gasteiger partial charge in [-0.2, -0.15) is 4.98 Å². The lowest BCUT2D eigenvalue weighted by Gasteiger charge is -1.91. The molecular weight excluding hydrogens is 152 g/mol. The summed E-state index contributed by atoms with van der Waals surface area (Å²) in [5, 5.41) is 5.99. The third-order valence-corrected chi connectivity index (χ3v) is 1.24. The molecule has 0 atom stereocenters. The molecule has 4 heteroatoms. The second kappa shape index (κ2) is 2.65. The fraction of sp³-hybridized carbons (Fsp3) is 0. The van der Waals surface area contributed by atoms with Gasteiger partial charge in [0.25, 0.3) is 0 Å². The van der Waals surface area contributed by atoms with Crippen molar-refractivity contribution in [3.8, 4) is 11.4 Å². The molecule has 60 valence electrons. The highest BCUT2D eigenvalue weighted by Gasteiger charge is 2.00. The van der Waals surface area contributed by atoms with E-state index in [-0.39, 0.29) is 29.4 Å². The van der Waals surface area contributed by atoms with E-state index in [4.69, 9.17) is 12.6 Å². The lowest BCUT2D eigenvalue weighted by atomic mass is 10.2. The summed E-state index contributed by atoms with van der Waals surface area (Å²) >= 11 is 0. The smallest absolute Gasteiger partial charge is 0.239 e. The summed E-state index contributed by atoms with van der Waals surface area (Å²) in [6.07, 6.45) is 0. The number of nitrogens with one attached hydrogen (secondary N) is 1. The third kappa shape index (κ3) is 1.14. The van der Waals surface area contributed by atoms with Crippen LogP contribution in [0.5, 0.6) is 0 Å². The fourth-order valence-electron chi connectivity index (χ4n) is 0.755. The normalized spacial score (nSPS) is 15.8. The monoisotopic (exact) mass is 165 g/mol. The Hall–Kier alpha value is -1.84. The molecule has 2 aromatic rings. The number of benzene rings is 1. The molecule has 3 N–H and O–H groups in total. The number of nitrogens with two attached hydrogens (primary N) is 1. The van der Waals surface area contributed by atoms with E-state index in [9.17, 15) is 0 Å². The molecule has 0 bridgehead atoms. The number of nitrogens with zero attached hydrogens (tertiary/aromatic N) is 2. The van der Waals surface area contributed by atoms with E-state index in [1.54, 1.807) is 0 Å². The van der Waals surface area contributed by atoms with E-state index in [0.29, 0.717) is 0 Å². The molecule has 0 spiro atoms. The molecule has 0 saturated heterocycles. The van der Waals surface area contributed by atoms with Gasteiger partial charge in [-0.3, -0.25) is 5.10 Å². The summed E-state index contributed by atoms with van der Waals surface area (Å²) in [7, 11) is 0. The summed E-state index contributed by atoms with van der Waals surface area (Å²) in [4.78, 5) is 3.76. The molecule has 1 heterocycles. The van der Waals surface area contributed by atoms with Crippen LogP contribution in [0.2, 0.25) is 0 Å². The standard InChI is InChI=1S/C8H8N4/c9-8-10-7(11-12-8)6-4-2-1-3-5-6/h1-5H,(H3,9,10,11,12)/i1D,2D,3D,4D,5D. The van der Waals surface area contributed by atoms with E-state index in [1.165, 1.54) is 0 Å². The van der Waals surface area contributed by atoms with Crippen molar-refractivity contribution in [1.82, 2.24) is 15.2 Å². The lowest BCUT2D eigenvalue weighted by Crippen LogP contribution is -1.85. The molecule has 0 saturated carbocycles. The van der Waals surface area contributed by atoms with Crippen molar-refractivity contribution < 1.29 is 6.85 Å². The van der Waals surface area contributed by atoms with Crippen LogP contribution in [0.25, 0.3) is 11.4 Å². The van der Waals surface area contributed by atoms with Gasteiger partial charge in [-0.15, -0.1) is 5.10 Å². The summed E-state index contributed by atoms with van der Waals surface area (Å²) in [5.74, 6) is 0.00584. The lowest BCUT2D eigenvalue weighted by molar-refractivity contribution is 1.10. The van der Waals surface area contributed by atoms with Gasteiger partial charge < -0.3 is 5.73 Å². The van der Waals surface area contributed by atoms with Crippen LogP contribution in [-0.4, -0.2) is 15.2 Å². The van der Waals surface area contributed by atoms with Crippen molar-refractivity contribution in [1.29, 1.82) is 0 Å². The highest BCUT2D eigenvalue weighted by Crippen LogP contribution is 2.13. The van der Waals surface area contributed by atoms with Crippen molar-refractivity contribution in [3.05, 3.63) is 30.2 Å². The van der Waals surface area contributed by atoms with Crippen LogP contribution in [0.1, 0.15) is 6.85 Å². The molecule has 1 aromatic heterocycles. The van der Waals surface area contributed by atoms with E-state index >= 15 is 0 Å². The Kier molecular flexibility index (Phi) is 0.722. The van der Waals surface area contributed by atoms with Crippen molar-refractivity contribution in [3.63, 3.8) is 0 Å². The molecule has 0 radical (unpaired) electrons. The number of hydrogen-bond acceptors (Lipinski definition) is 3. The Morgan fingerprint density at radius 3 is 2.67 bits per heavy atom. The minimum Gasteiger partial charge on any atom is -0.366 e. The maximum atomic E-state index is 7.68. The average Bonchev–Trinajstić information content (AvgIpc) is 2.71. The van der Waals surface area contributed by atoms with Crippen LogP contribution < -0.4 is 5.73 Å². The zero-order valence-corrected chi connectivity index (χ0v) is 5.97. The van der Waals surface area contributed by atoms with Gasteiger partial charge in [-0.05, 0) is 0 Å². The molecule has 12 heavy (non-hydrogen) atoms. The van der Waals surface area contributed by atoms with Crippen LogP contribution in [0.15, 0.2) is 30.2 Å². The molecule has 0 aliphatic rings. The second-order valence-corrected chi connectivity index (χ2v) is 2.04. The summed E-state index contributed by atoms with van der Waals surface area (Å²) < 4.78 is 37.8. The van der Waals surface area contributed by atoms with Crippen LogP contribution in [0, 0.1) is 0 Å². The first-order chi connectivity index (χ1) is 7.93. The topological polar surface area (TPSA) is 67.6 Å². The Bertz CT molecular complexity index is 565. The molecule has 0 aliphatic carbocycles.